The molecule has 0 radical (unpaired) electrons. The number of guanidine groups is 1. The monoisotopic (exact) mass is 342 g/mol. The van der Waals surface area contributed by atoms with Crippen molar-refractivity contribution >= 4 is 5.96 Å². The van der Waals surface area contributed by atoms with Crippen LogP contribution >= 0.6 is 0 Å². The van der Waals surface area contributed by atoms with E-state index < -0.39 is 0 Å². The molecular weight excluding hydrogens is 319 g/mol. The van der Waals surface area contributed by atoms with Crippen molar-refractivity contribution in [2.75, 3.05) is 20.7 Å². The Hall–Kier alpha value is -2.63. The summed E-state index contributed by atoms with van der Waals surface area (Å²) in [6, 6.07) is 10.7. The molecule has 0 aliphatic heterocycles. The lowest BCUT2D eigenvalue weighted by molar-refractivity contribution is 0.392. The van der Waals surface area contributed by atoms with Gasteiger partial charge in [0.05, 0.1) is 7.11 Å². The third-order valence-corrected chi connectivity index (χ3v) is 4.60. The Labute approximate surface area is 147 Å². The number of nitrogens with zero attached hydrogens (tertiary/aromatic N) is 2. The van der Waals surface area contributed by atoms with Crippen LogP contribution in [0.25, 0.3) is 0 Å². The molecule has 1 saturated carbocycles. The summed E-state index contributed by atoms with van der Waals surface area (Å²) in [6.07, 6.45) is 3.80. The second-order valence-electron chi connectivity index (χ2n) is 6.24. The van der Waals surface area contributed by atoms with Crippen molar-refractivity contribution in [2.45, 2.75) is 24.8 Å². The molecule has 1 aromatic carbocycles. The van der Waals surface area contributed by atoms with Crippen LogP contribution in [0, 0.1) is 5.82 Å². The van der Waals surface area contributed by atoms with Gasteiger partial charge >= 0.3 is 0 Å². The van der Waals surface area contributed by atoms with E-state index >= 15 is 0 Å². The zero-order valence-electron chi connectivity index (χ0n) is 14.6. The summed E-state index contributed by atoms with van der Waals surface area (Å²) in [5.74, 6) is 1.12. The number of benzene rings is 1. The number of halogens is 1. The molecule has 3 rings (SSSR count). The number of nitrogens with one attached hydrogen (secondary N) is 2. The lowest BCUT2D eigenvalue weighted by Gasteiger charge is -2.19. The Morgan fingerprint density at radius 2 is 2.12 bits per heavy atom. The fourth-order valence-corrected chi connectivity index (χ4v) is 2.93. The lowest BCUT2D eigenvalue weighted by atomic mass is 9.96. The van der Waals surface area contributed by atoms with Gasteiger partial charge in [-0.15, -0.1) is 0 Å². The predicted octanol–water partition coefficient (Wildman–Crippen LogP) is 2.63. The minimum Gasteiger partial charge on any atom is -0.481 e. The number of aromatic nitrogens is 1. The summed E-state index contributed by atoms with van der Waals surface area (Å²) in [6.45, 7) is 1.28. The van der Waals surface area contributed by atoms with Gasteiger partial charge in [0.25, 0.3) is 0 Å². The molecule has 1 heterocycles. The van der Waals surface area contributed by atoms with Crippen molar-refractivity contribution < 1.29 is 9.13 Å². The maximum Gasteiger partial charge on any atom is 0.218 e. The molecule has 2 aromatic rings. The summed E-state index contributed by atoms with van der Waals surface area (Å²) in [5.41, 5.74) is 2.01. The molecular formula is C19H23FN4O. The van der Waals surface area contributed by atoms with Crippen LogP contribution in [0.4, 0.5) is 4.39 Å². The summed E-state index contributed by atoms with van der Waals surface area (Å²) in [7, 11) is 3.34. The fourth-order valence-electron chi connectivity index (χ4n) is 2.93. The molecule has 25 heavy (non-hydrogen) atoms. The molecule has 1 aliphatic rings. The van der Waals surface area contributed by atoms with Gasteiger partial charge in [-0.05, 0) is 36.6 Å². The molecule has 0 unspecified atom stereocenters. The Morgan fingerprint density at radius 1 is 1.28 bits per heavy atom. The van der Waals surface area contributed by atoms with Crippen LogP contribution in [-0.2, 0) is 12.0 Å². The number of methoxy groups -OCH3 is 1. The van der Waals surface area contributed by atoms with Crippen LogP contribution in [0.3, 0.4) is 0 Å². The zero-order valence-corrected chi connectivity index (χ0v) is 14.6. The first kappa shape index (κ1) is 17.2. The first-order chi connectivity index (χ1) is 12.2. The number of pyridine rings is 1. The van der Waals surface area contributed by atoms with Crippen molar-refractivity contribution in [3.8, 4) is 5.88 Å². The molecule has 0 atom stereocenters. The molecule has 0 bridgehead atoms. The van der Waals surface area contributed by atoms with E-state index in [9.17, 15) is 4.39 Å². The van der Waals surface area contributed by atoms with Crippen LogP contribution < -0.4 is 15.4 Å². The van der Waals surface area contributed by atoms with Gasteiger partial charge in [-0.25, -0.2) is 9.37 Å². The molecule has 0 amide bonds. The highest BCUT2D eigenvalue weighted by molar-refractivity contribution is 5.79. The molecule has 0 saturated heterocycles. The summed E-state index contributed by atoms with van der Waals surface area (Å²) < 4.78 is 18.8. The number of ether oxygens (including phenoxy) is 1. The number of hydrogen-bond donors (Lipinski definition) is 2. The van der Waals surface area contributed by atoms with Crippen molar-refractivity contribution in [1.29, 1.82) is 0 Å². The minimum absolute atomic E-state index is 0.00567. The van der Waals surface area contributed by atoms with Gasteiger partial charge in [-0.2, -0.15) is 0 Å². The summed E-state index contributed by atoms with van der Waals surface area (Å²) in [5, 5.41) is 6.62. The van der Waals surface area contributed by atoms with Gasteiger partial charge in [-0.1, -0.05) is 18.2 Å². The van der Waals surface area contributed by atoms with Crippen molar-refractivity contribution in [1.82, 2.24) is 15.6 Å². The smallest absolute Gasteiger partial charge is 0.218 e. The highest BCUT2D eigenvalue weighted by Gasteiger charge is 2.44. The van der Waals surface area contributed by atoms with Crippen molar-refractivity contribution in [3.05, 3.63) is 59.5 Å². The number of rotatable bonds is 6. The SMILES string of the molecule is CN=C(NCc1cccnc1OC)NCC1(c2cccc(F)c2)CC1. The van der Waals surface area contributed by atoms with E-state index in [1.807, 2.05) is 18.2 Å². The molecule has 1 fully saturated rings. The maximum absolute atomic E-state index is 13.5. The predicted molar refractivity (Wildman–Crippen MR) is 96.3 cm³/mol. The van der Waals surface area contributed by atoms with Crippen molar-refractivity contribution in [2.24, 2.45) is 4.99 Å². The highest BCUT2D eigenvalue weighted by Crippen LogP contribution is 2.47. The average molecular weight is 342 g/mol. The highest BCUT2D eigenvalue weighted by atomic mass is 19.1. The van der Waals surface area contributed by atoms with E-state index in [2.05, 4.69) is 20.6 Å². The molecule has 132 valence electrons. The summed E-state index contributed by atoms with van der Waals surface area (Å²) in [4.78, 5) is 8.45. The molecule has 1 aliphatic carbocycles. The molecule has 6 heteroatoms. The zero-order chi connectivity index (χ0) is 17.7. The first-order valence-electron chi connectivity index (χ1n) is 8.35. The van der Waals surface area contributed by atoms with Crippen LogP contribution in [0.2, 0.25) is 0 Å². The average Bonchev–Trinajstić information content (AvgIpc) is 3.43. The quantitative estimate of drug-likeness (QED) is 0.626. The van der Waals surface area contributed by atoms with E-state index in [1.54, 1.807) is 32.5 Å². The van der Waals surface area contributed by atoms with E-state index in [1.165, 1.54) is 6.07 Å². The largest absolute Gasteiger partial charge is 0.481 e. The molecule has 1 aromatic heterocycles. The normalized spacial score (nSPS) is 15.6. The molecule has 5 nitrogen and oxygen atoms in total. The third kappa shape index (κ3) is 4.07. The Balaban J connectivity index is 1.58. The van der Waals surface area contributed by atoms with Crippen LogP contribution in [0.5, 0.6) is 5.88 Å². The van der Waals surface area contributed by atoms with E-state index in [-0.39, 0.29) is 11.2 Å². The van der Waals surface area contributed by atoms with Gasteiger partial charge < -0.3 is 15.4 Å². The Bertz CT molecular complexity index is 759. The minimum atomic E-state index is -0.185. The standard InChI is InChI=1S/C19H23FN4O/c1-21-18(23-12-14-5-4-10-22-17(14)25-2)24-13-19(8-9-19)15-6-3-7-16(20)11-15/h3-7,10-11H,8-9,12-13H2,1-2H3,(H2,21,23,24). The van der Waals surface area contributed by atoms with E-state index in [0.717, 1.165) is 30.5 Å². The van der Waals surface area contributed by atoms with Gasteiger partial charge in [0, 0.05) is 37.3 Å². The van der Waals surface area contributed by atoms with Crippen molar-refractivity contribution in [3.63, 3.8) is 0 Å². The van der Waals surface area contributed by atoms with E-state index in [0.29, 0.717) is 18.4 Å². The Kier molecular flexibility index (Phi) is 5.16. The van der Waals surface area contributed by atoms with Crippen LogP contribution in [-0.4, -0.2) is 31.6 Å². The molecule has 2 N–H and O–H groups in total. The summed E-state index contributed by atoms with van der Waals surface area (Å²) >= 11 is 0. The second-order valence-corrected chi connectivity index (χ2v) is 6.24. The van der Waals surface area contributed by atoms with Gasteiger partial charge in [-0.3, -0.25) is 4.99 Å². The number of hydrogen-bond acceptors (Lipinski definition) is 3. The first-order valence-corrected chi connectivity index (χ1v) is 8.35. The third-order valence-electron chi connectivity index (χ3n) is 4.60. The second kappa shape index (κ2) is 7.51. The van der Waals surface area contributed by atoms with Gasteiger partial charge in [0.15, 0.2) is 5.96 Å². The fraction of sp³-hybridized carbons (Fsp3) is 0.368. The van der Waals surface area contributed by atoms with Crippen LogP contribution in [0.15, 0.2) is 47.6 Å². The van der Waals surface area contributed by atoms with E-state index in [4.69, 9.17) is 4.74 Å². The number of aliphatic imine (C=N–C) groups is 1. The molecule has 0 spiro atoms. The maximum atomic E-state index is 13.5. The topological polar surface area (TPSA) is 58.5 Å². The lowest BCUT2D eigenvalue weighted by Crippen LogP contribution is -2.41. The van der Waals surface area contributed by atoms with Crippen LogP contribution in [0.1, 0.15) is 24.0 Å². The van der Waals surface area contributed by atoms with Gasteiger partial charge in [0.1, 0.15) is 5.82 Å². The Morgan fingerprint density at radius 3 is 2.80 bits per heavy atom. The van der Waals surface area contributed by atoms with Gasteiger partial charge in [0.2, 0.25) is 5.88 Å².